The number of para-hydroxylation sites is 1. The number of anilines is 2. The van der Waals surface area contributed by atoms with Crippen LogP contribution in [-0.2, 0) is 0 Å². The molecule has 0 bridgehead atoms. The van der Waals surface area contributed by atoms with Crippen LogP contribution < -0.4 is 24.4 Å². The zero-order chi connectivity index (χ0) is 21.3. The Morgan fingerprint density at radius 3 is 2.13 bits per heavy atom. The van der Waals surface area contributed by atoms with E-state index in [1.54, 1.807) is 41.3 Å². The Hall–Kier alpha value is -3.74. The third-order valence-electron chi connectivity index (χ3n) is 5.03. The molecule has 0 saturated heterocycles. The van der Waals surface area contributed by atoms with Crippen LogP contribution in [0.4, 0.5) is 15.8 Å². The highest BCUT2D eigenvalue weighted by molar-refractivity contribution is 6.12. The number of hydrogen-bond donors (Lipinski definition) is 1. The highest BCUT2D eigenvalue weighted by Gasteiger charge is 2.35. The van der Waals surface area contributed by atoms with E-state index in [0.717, 1.165) is 5.56 Å². The van der Waals surface area contributed by atoms with Gasteiger partial charge in [0, 0.05) is 16.9 Å². The molecular weight excluding hydrogens is 387 g/mol. The Morgan fingerprint density at radius 2 is 1.53 bits per heavy atom. The predicted molar refractivity (Wildman–Crippen MR) is 112 cm³/mol. The molecule has 1 atom stereocenters. The van der Waals surface area contributed by atoms with Gasteiger partial charge in [0.2, 0.25) is 5.75 Å². The average molecular weight is 408 g/mol. The molecule has 1 aliphatic heterocycles. The van der Waals surface area contributed by atoms with Crippen molar-refractivity contribution in [3.05, 3.63) is 77.6 Å². The van der Waals surface area contributed by atoms with E-state index in [1.165, 1.54) is 33.5 Å². The summed E-state index contributed by atoms with van der Waals surface area (Å²) >= 11 is 0. The second kappa shape index (κ2) is 7.94. The van der Waals surface area contributed by atoms with Crippen LogP contribution in [0.1, 0.15) is 22.1 Å². The maximum Gasteiger partial charge on any atom is 0.262 e. The number of halogens is 1. The maximum absolute atomic E-state index is 13.5. The SMILES string of the molecule is COc1cc(C2Nc3ccccc3C(=O)N2c2ccc(F)cc2)cc(OC)c1OC. The fraction of sp³-hybridized carbons (Fsp3) is 0.174. The van der Waals surface area contributed by atoms with Crippen LogP contribution in [0, 0.1) is 5.82 Å². The van der Waals surface area contributed by atoms with Gasteiger partial charge >= 0.3 is 0 Å². The van der Waals surface area contributed by atoms with Crippen molar-refractivity contribution in [2.24, 2.45) is 0 Å². The van der Waals surface area contributed by atoms with E-state index in [4.69, 9.17) is 14.2 Å². The van der Waals surface area contributed by atoms with Crippen molar-refractivity contribution >= 4 is 17.3 Å². The van der Waals surface area contributed by atoms with Crippen LogP contribution >= 0.6 is 0 Å². The van der Waals surface area contributed by atoms with Gasteiger partial charge in [-0.1, -0.05) is 12.1 Å². The number of rotatable bonds is 5. The van der Waals surface area contributed by atoms with Crippen molar-refractivity contribution in [1.82, 2.24) is 0 Å². The van der Waals surface area contributed by atoms with Gasteiger partial charge in [-0.3, -0.25) is 9.69 Å². The number of methoxy groups -OCH3 is 3. The molecule has 3 aromatic carbocycles. The minimum atomic E-state index is -0.577. The molecule has 30 heavy (non-hydrogen) atoms. The van der Waals surface area contributed by atoms with Crippen molar-refractivity contribution in [2.75, 3.05) is 31.5 Å². The largest absolute Gasteiger partial charge is 0.493 e. The molecular formula is C23H21FN2O4. The lowest BCUT2D eigenvalue weighted by atomic mass is 10.0. The molecule has 7 heteroatoms. The Bertz CT molecular complexity index is 1060. The second-order valence-corrected chi connectivity index (χ2v) is 6.70. The van der Waals surface area contributed by atoms with Crippen LogP contribution in [0.2, 0.25) is 0 Å². The molecule has 1 N–H and O–H groups in total. The van der Waals surface area contributed by atoms with E-state index in [2.05, 4.69) is 5.32 Å². The number of nitrogens with zero attached hydrogens (tertiary/aromatic N) is 1. The standard InChI is InChI=1S/C23H21FN2O4/c1-28-19-12-14(13-20(29-2)21(19)30-3)22-25-18-7-5-4-6-17(18)23(27)26(22)16-10-8-15(24)9-11-16/h4-13,22,25H,1-3H3. The number of amides is 1. The van der Waals surface area contributed by atoms with Gasteiger partial charge in [-0.05, 0) is 48.5 Å². The molecule has 0 saturated carbocycles. The monoisotopic (exact) mass is 408 g/mol. The Morgan fingerprint density at radius 1 is 0.900 bits per heavy atom. The Kier molecular flexibility index (Phi) is 5.18. The van der Waals surface area contributed by atoms with Crippen LogP contribution in [-0.4, -0.2) is 27.2 Å². The van der Waals surface area contributed by atoms with Gasteiger partial charge in [-0.15, -0.1) is 0 Å². The first-order valence-corrected chi connectivity index (χ1v) is 9.32. The van der Waals surface area contributed by atoms with Gasteiger partial charge in [-0.2, -0.15) is 0 Å². The predicted octanol–water partition coefficient (Wildman–Crippen LogP) is 4.62. The summed E-state index contributed by atoms with van der Waals surface area (Å²) in [4.78, 5) is 15.0. The molecule has 1 heterocycles. The minimum Gasteiger partial charge on any atom is -0.493 e. The topological polar surface area (TPSA) is 60.0 Å². The lowest BCUT2D eigenvalue weighted by Crippen LogP contribution is -2.43. The molecule has 0 aliphatic carbocycles. The number of ether oxygens (including phenoxy) is 3. The first-order chi connectivity index (χ1) is 14.6. The molecule has 1 unspecified atom stereocenters. The quantitative estimate of drug-likeness (QED) is 0.667. The molecule has 154 valence electrons. The fourth-order valence-corrected chi connectivity index (χ4v) is 3.61. The van der Waals surface area contributed by atoms with E-state index in [0.29, 0.717) is 34.2 Å². The molecule has 3 aromatic rings. The zero-order valence-corrected chi connectivity index (χ0v) is 16.8. The van der Waals surface area contributed by atoms with Crippen LogP contribution in [0.15, 0.2) is 60.7 Å². The van der Waals surface area contributed by atoms with E-state index in [-0.39, 0.29) is 11.7 Å². The van der Waals surface area contributed by atoms with Crippen molar-refractivity contribution in [3.8, 4) is 17.2 Å². The number of fused-ring (bicyclic) bond motifs is 1. The third kappa shape index (κ3) is 3.28. The van der Waals surface area contributed by atoms with Gasteiger partial charge in [0.15, 0.2) is 11.5 Å². The molecule has 6 nitrogen and oxygen atoms in total. The van der Waals surface area contributed by atoms with Gasteiger partial charge < -0.3 is 19.5 Å². The van der Waals surface area contributed by atoms with Gasteiger partial charge in [0.1, 0.15) is 12.0 Å². The fourth-order valence-electron chi connectivity index (χ4n) is 3.61. The maximum atomic E-state index is 13.5. The van der Waals surface area contributed by atoms with Gasteiger partial charge in [0.05, 0.1) is 26.9 Å². The lowest BCUT2D eigenvalue weighted by Gasteiger charge is -2.38. The zero-order valence-electron chi connectivity index (χ0n) is 16.8. The normalized spacial score (nSPS) is 15.3. The van der Waals surface area contributed by atoms with Crippen molar-refractivity contribution in [3.63, 3.8) is 0 Å². The summed E-state index contributed by atoms with van der Waals surface area (Å²) in [5, 5.41) is 3.41. The summed E-state index contributed by atoms with van der Waals surface area (Å²) < 4.78 is 29.9. The second-order valence-electron chi connectivity index (χ2n) is 6.70. The van der Waals surface area contributed by atoms with Crippen LogP contribution in [0.3, 0.4) is 0 Å². The summed E-state index contributed by atoms with van der Waals surface area (Å²) in [6, 6.07) is 16.7. The molecule has 0 fully saturated rings. The Balaban J connectivity index is 1.89. The molecule has 0 spiro atoms. The highest BCUT2D eigenvalue weighted by Crippen LogP contribution is 2.43. The summed E-state index contributed by atoms with van der Waals surface area (Å²) in [5.74, 6) is 0.827. The van der Waals surface area contributed by atoms with Crippen LogP contribution in [0.25, 0.3) is 0 Å². The minimum absolute atomic E-state index is 0.199. The number of hydrogen-bond acceptors (Lipinski definition) is 5. The third-order valence-corrected chi connectivity index (χ3v) is 5.03. The number of nitrogens with one attached hydrogen (secondary N) is 1. The van der Waals surface area contributed by atoms with Crippen molar-refractivity contribution < 1.29 is 23.4 Å². The molecule has 1 amide bonds. The summed E-state index contributed by atoms with van der Waals surface area (Å²) in [5.41, 5.74) is 2.52. The Labute approximate surface area is 173 Å². The van der Waals surface area contributed by atoms with Gasteiger partial charge in [0.25, 0.3) is 5.91 Å². The highest BCUT2D eigenvalue weighted by atomic mass is 19.1. The summed E-state index contributed by atoms with van der Waals surface area (Å²) in [7, 11) is 4.60. The van der Waals surface area contributed by atoms with E-state index in [9.17, 15) is 9.18 Å². The first kappa shape index (κ1) is 19.6. The van der Waals surface area contributed by atoms with E-state index >= 15 is 0 Å². The molecule has 0 radical (unpaired) electrons. The average Bonchev–Trinajstić information content (AvgIpc) is 2.78. The van der Waals surface area contributed by atoms with Crippen LogP contribution in [0.5, 0.6) is 17.2 Å². The molecule has 0 aromatic heterocycles. The smallest absolute Gasteiger partial charge is 0.262 e. The number of benzene rings is 3. The molecule has 4 rings (SSSR count). The lowest BCUT2D eigenvalue weighted by molar-refractivity contribution is 0.0974. The molecule has 1 aliphatic rings. The van der Waals surface area contributed by atoms with Crippen molar-refractivity contribution in [1.29, 1.82) is 0 Å². The van der Waals surface area contributed by atoms with Gasteiger partial charge in [-0.25, -0.2) is 4.39 Å². The number of carbonyl (C=O) groups is 1. The number of carbonyl (C=O) groups excluding carboxylic acids is 1. The van der Waals surface area contributed by atoms with E-state index in [1.807, 2.05) is 12.1 Å². The van der Waals surface area contributed by atoms with E-state index < -0.39 is 6.17 Å². The first-order valence-electron chi connectivity index (χ1n) is 9.32. The summed E-state index contributed by atoms with van der Waals surface area (Å²) in [6.45, 7) is 0. The van der Waals surface area contributed by atoms with Crippen molar-refractivity contribution in [2.45, 2.75) is 6.17 Å². The summed E-state index contributed by atoms with van der Waals surface area (Å²) in [6.07, 6.45) is -0.577.